The van der Waals surface area contributed by atoms with Crippen molar-refractivity contribution in [3.8, 4) is 23.8 Å². The molecule has 1 aliphatic carbocycles. The predicted octanol–water partition coefficient (Wildman–Crippen LogP) is 4.92. The zero-order valence-electron chi connectivity index (χ0n) is 20.2. The maximum atomic E-state index is 5.71. The highest BCUT2D eigenvalue weighted by Crippen LogP contribution is 2.58. The van der Waals surface area contributed by atoms with Gasteiger partial charge in [-0.25, -0.2) is 0 Å². The lowest BCUT2D eigenvalue weighted by molar-refractivity contribution is 0.250. The molecular formula is C26H32N4O4. The van der Waals surface area contributed by atoms with Crippen LogP contribution >= 0.6 is 0 Å². The Kier molecular flexibility index (Phi) is 7.77. The minimum atomic E-state index is 0.162. The van der Waals surface area contributed by atoms with Crippen LogP contribution < -0.4 is 18.9 Å². The van der Waals surface area contributed by atoms with E-state index in [0.717, 1.165) is 17.8 Å². The minimum absolute atomic E-state index is 0.162. The fraction of sp³-hybridized carbons (Fsp3) is 0.462. The first-order valence-corrected chi connectivity index (χ1v) is 12.0. The van der Waals surface area contributed by atoms with Gasteiger partial charge in [0.25, 0.3) is 0 Å². The van der Waals surface area contributed by atoms with Crippen LogP contribution in [-0.2, 0) is 0 Å². The Morgan fingerprint density at radius 3 is 1.56 bits per heavy atom. The van der Waals surface area contributed by atoms with Crippen molar-refractivity contribution in [1.82, 2.24) is 19.9 Å². The zero-order chi connectivity index (χ0) is 23.9. The van der Waals surface area contributed by atoms with Gasteiger partial charge in [-0.2, -0.15) is 19.9 Å². The molecule has 3 aromatic rings. The van der Waals surface area contributed by atoms with E-state index >= 15 is 0 Å². The van der Waals surface area contributed by atoms with Gasteiger partial charge in [0, 0.05) is 29.9 Å². The molecule has 1 saturated carbocycles. The number of ether oxygens (including phenoxy) is 4. The third kappa shape index (κ3) is 5.21. The van der Waals surface area contributed by atoms with Crippen molar-refractivity contribution < 1.29 is 18.9 Å². The number of rotatable bonds is 11. The number of nitrogens with zero attached hydrogens (tertiary/aromatic N) is 4. The second-order valence-corrected chi connectivity index (χ2v) is 7.94. The Bertz CT molecular complexity index is 966. The van der Waals surface area contributed by atoms with E-state index < -0.39 is 0 Å². The summed E-state index contributed by atoms with van der Waals surface area (Å²) in [5, 5.41) is 0. The van der Waals surface area contributed by atoms with E-state index in [1.54, 1.807) is 0 Å². The molecule has 34 heavy (non-hydrogen) atoms. The molecule has 0 amide bonds. The lowest BCUT2D eigenvalue weighted by atomic mass is 9.59. The molecule has 1 aliphatic rings. The molecule has 2 heterocycles. The summed E-state index contributed by atoms with van der Waals surface area (Å²) in [7, 11) is 0. The number of aromatic nitrogens is 4. The van der Waals surface area contributed by atoms with Gasteiger partial charge in [0.15, 0.2) is 0 Å². The van der Waals surface area contributed by atoms with Crippen LogP contribution in [0.4, 0.5) is 0 Å². The second-order valence-electron chi connectivity index (χ2n) is 7.94. The summed E-state index contributed by atoms with van der Waals surface area (Å²) in [4.78, 5) is 18.2. The summed E-state index contributed by atoms with van der Waals surface area (Å²) in [6, 6.07) is 15.0. The smallest absolute Gasteiger partial charge is 0.319 e. The first-order chi connectivity index (χ1) is 16.7. The van der Waals surface area contributed by atoms with Gasteiger partial charge in [-0.15, -0.1) is 0 Å². The molecule has 2 atom stereocenters. The Morgan fingerprint density at radius 2 is 1.12 bits per heavy atom. The Labute approximate surface area is 200 Å². The fourth-order valence-corrected chi connectivity index (χ4v) is 4.45. The van der Waals surface area contributed by atoms with Crippen LogP contribution in [0.5, 0.6) is 23.8 Å². The molecule has 0 saturated heterocycles. The number of hydrogen-bond donors (Lipinski definition) is 0. The third-order valence-electron chi connectivity index (χ3n) is 5.85. The Morgan fingerprint density at radius 1 is 0.647 bits per heavy atom. The van der Waals surface area contributed by atoms with Crippen LogP contribution in [0.3, 0.4) is 0 Å². The molecule has 1 aromatic carbocycles. The molecule has 0 radical (unpaired) electrons. The van der Waals surface area contributed by atoms with Gasteiger partial charge in [-0.05, 0) is 39.7 Å². The molecule has 180 valence electrons. The molecule has 0 N–H and O–H groups in total. The van der Waals surface area contributed by atoms with E-state index in [-0.39, 0.29) is 17.8 Å². The van der Waals surface area contributed by atoms with Crippen molar-refractivity contribution in [1.29, 1.82) is 0 Å². The summed E-state index contributed by atoms with van der Waals surface area (Å²) in [5.74, 6) is 1.56. The van der Waals surface area contributed by atoms with Crippen molar-refractivity contribution in [2.75, 3.05) is 26.4 Å². The van der Waals surface area contributed by atoms with E-state index in [2.05, 4.69) is 34.2 Å². The topological polar surface area (TPSA) is 88.5 Å². The van der Waals surface area contributed by atoms with Crippen molar-refractivity contribution in [3.63, 3.8) is 0 Å². The first kappa shape index (κ1) is 23.7. The minimum Gasteiger partial charge on any atom is -0.478 e. The van der Waals surface area contributed by atoms with E-state index in [1.807, 2.05) is 45.9 Å². The van der Waals surface area contributed by atoms with Crippen LogP contribution in [0.1, 0.15) is 68.8 Å². The Hall–Kier alpha value is -3.42. The highest BCUT2D eigenvalue weighted by Gasteiger charge is 2.46. The van der Waals surface area contributed by atoms with Gasteiger partial charge in [0.1, 0.15) is 0 Å². The summed E-state index contributed by atoms with van der Waals surface area (Å²) in [6.45, 7) is 9.76. The third-order valence-corrected chi connectivity index (χ3v) is 5.85. The lowest BCUT2D eigenvalue weighted by Crippen LogP contribution is -2.33. The molecule has 2 unspecified atom stereocenters. The largest absolute Gasteiger partial charge is 0.478 e. The average molecular weight is 465 g/mol. The fourth-order valence-electron chi connectivity index (χ4n) is 4.45. The summed E-state index contributed by atoms with van der Waals surface area (Å²) in [5.41, 5.74) is 3.06. The van der Waals surface area contributed by atoms with Crippen molar-refractivity contribution in [2.45, 2.75) is 51.9 Å². The van der Waals surface area contributed by atoms with Crippen LogP contribution in [-0.4, -0.2) is 46.4 Å². The monoisotopic (exact) mass is 464 g/mol. The molecule has 0 aliphatic heterocycles. The molecular weight excluding hydrogens is 432 g/mol. The van der Waals surface area contributed by atoms with E-state index in [4.69, 9.17) is 28.9 Å². The van der Waals surface area contributed by atoms with Gasteiger partial charge in [0.05, 0.1) is 37.8 Å². The van der Waals surface area contributed by atoms with Gasteiger partial charge in [-0.1, -0.05) is 30.3 Å². The van der Waals surface area contributed by atoms with E-state index in [1.165, 1.54) is 5.56 Å². The number of hydrogen-bond acceptors (Lipinski definition) is 8. The van der Waals surface area contributed by atoms with Crippen molar-refractivity contribution in [2.24, 2.45) is 0 Å². The predicted molar refractivity (Wildman–Crippen MR) is 128 cm³/mol. The standard InChI is InChI=1S/C26H32N4O4/c1-5-31-22-15-20(27-25(29-22)33-7-3)18-14-19(24(18)17-12-10-9-11-13-17)21-16-23(32-6-2)30-26(28-21)34-8-4/h9-13,15-16,18-19,24H,5-8,14H2,1-4H3. The van der Waals surface area contributed by atoms with E-state index in [9.17, 15) is 0 Å². The maximum Gasteiger partial charge on any atom is 0.319 e. The Balaban J connectivity index is 1.73. The van der Waals surface area contributed by atoms with Gasteiger partial charge in [0.2, 0.25) is 11.8 Å². The normalized spacial score (nSPS) is 19.2. The van der Waals surface area contributed by atoms with E-state index in [0.29, 0.717) is 50.2 Å². The van der Waals surface area contributed by atoms with Crippen molar-refractivity contribution >= 4 is 0 Å². The average Bonchev–Trinajstić information content (AvgIpc) is 2.80. The van der Waals surface area contributed by atoms with Crippen LogP contribution in [0.25, 0.3) is 0 Å². The van der Waals surface area contributed by atoms with Gasteiger partial charge < -0.3 is 18.9 Å². The summed E-state index contributed by atoms with van der Waals surface area (Å²) < 4.78 is 22.7. The lowest BCUT2D eigenvalue weighted by Gasteiger charge is -2.44. The molecule has 0 spiro atoms. The van der Waals surface area contributed by atoms with Crippen LogP contribution in [0.15, 0.2) is 42.5 Å². The van der Waals surface area contributed by atoms with Crippen molar-refractivity contribution in [3.05, 3.63) is 59.4 Å². The highest BCUT2D eigenvalue weighted by molar-refractivity contribution is 5.39. The van der Waals surface area contributed by atoms with Crippen LogP contribution in [0, 0.1) is 0 Å². The quantitative estimate of drug-likeness (QED) is 0.395. The maximum absolute atomic E-state index is 5.71. The molecule has 0 bridgehead atoms. The molecule has 2 aromatic heterocycles. The van der Waals surface area contributed by atoms with Crippen LogP contribution in [0.2, 0.25) is 0 Å². The number of benzene rings is 1. The summed E-state index contributed by atoms with van der Waals surface area (Å²) in [6.07, 6.45) is 0.863. The molecule has 1 fully saturated rings. The summed E-state index contributed by atoms with van der Waals surface area (Å²) >= 11 is 0. The highest BCUT2D eigenvalue weighted by atomic mass is 16.5. The zero-order valence-corrected chi connectivity index (χ0v) is 20.2. The molecule has 8 nitrogen and oxygen atoms in total. The molecule has 8 heteroatoms. The first-order valence-electron chi connectivity index (χ1n) is 12.0. The SMILES string of the molecule is CCOc1cc(C2CC(c3cc(OCC)nc(OCC)n3)C2c2ccccc2)nc(OCC)n1. The second kappa shape index (κ2) is 11.1. The molecule has 4 rings (SSSR count). The van der Waals surface area contributed by atoms with Gasteiger partial charge in [-0.3, -0.25) is 0 Å². The van der Waals surface area contributed by atoms with Gasteiger partial charge >= 0.3 is 12.0 Å².